The predicted octanol–water partition coefficient (Wildman–Crippen LogP) is 2.75. The molecule has 4 bridgehead atoms. The Morgan fingerprint density at radius 3 is 0.750 bits per heavy atom. The molecular weight excluding hydrogens is 208 g/mol. The Morgan fingerprint density at radius 2 is 0.562 bits per heavy atom. The Kier molecular flexibility index (Phi) is 2.04. The van der Waals surface area contributed by atoms with Crippen molar-refractivity contribution in [2.75, 3.05) is 0 Å². The van der Waals surface area contributed by atoms with E-state index in [2.05, 4.69) is 0 Å². The largest absolute Gasteiger partial charge is 0.290 e. The van der Waals surface area contributed by atoms with Crippen molar-refractivity contribution in [2.24, 2.45) is 0 Å². The van der Waals surface area contributed by atoms with E-state index in [0.717, 1.165) is 0 Å². The summed E-state index contributed by atoms with van der Waals surface area (Å²) in [6.07, 6.45) is 0. The summed E-state index contributed by atoms with van der Waals surface area (Å²) in [6, 6.07) is 13.8. The highest BCUT2D eigenvalue weighted by molar-refractivity contribution is 5.33. The summed E-state index contributed by atoms with van der Waals surface area (Å²) in [5.74, 6) is 2.38. The number of rotatable bonds is 0. The summed E-state index contributed by atoms with van der Waals surface area (Å²) in [6.45, 7) is 0. The molecule has 80 valence electrons. The molecule has 6 rings (SSSR count). The topological polar surface area (TPSA) is 36.9 Å². The molecule has 0 aliphatic carbocycles. The van der Waals surface area contributed by atoms with Gasteiger partial charge in [0, 0.05) is 0 Å². The molecule has 0 fully saturated rings. The van der Waals surface area contributed by atoms with Gasteiger partial charge >= 0.3 is 0 Å². The third-order valence-corrected chi connectivity index (χ3v) is 2.12. The van der Waals surface area contributed by atoms with Crippen LogP contribution in [0.5, 0.6) is 23.0 Å². The van der Waals surface area contributed by atoms with Crippen molar-refractivity contribution in [1.82, 2.24) is 0 Å². The molecule has 4 nitrogen and oxygen atoms in total. The molecule has 0 radical (unpaired) electrons. The first kappa shape index (κ1) is 8.91. The molecule has 4 aliphatic rings. The predicted molar refractivity (Wildman–Crippen MR) is 55.4 cm³/mol. The van der Waals surface area contributed by atoms with E-state index in [1.165, 1.54) is 0 Å². The van der Waals surface area contributed by atoms with Crippen molar-refractivity contribution in [3.63, 3.8) is 0 Å². The highest BCUT2D eigenvalue weighted by Crippen LogP contribution is 2.23. The minimum Gasteiger partial charge on any atom is -0.290 e. The third-order valence-electron chi connectivity index (χ3n) is 2.12. The maximum absolute atomic E-state index is 5.11. The van der Waals surface area contributed by atoms with Crippen LogP contribution in [0.2, 0.25) is 0 Å². The van der Waals surface area contributed by atoms with Crippen molar-refractivity contribution in [2.45, 2.75) is 0 Å². The maximum atomic E-state index is 5.11. The van der Waals surface area contributed by atoms with E-state index in [0.29, 0.717) is 23.0 Å². The van der Waals surface area contributed by atoms with Gasteiger partial charge in [0.15, 0.2) is 23.0 Å². The molecule has 4 aliphatic heterocycles. The molecule has 4 heteroatoms. The van der Waals surface area contributed by atoms with Gasteiger partial charge in [0.05, 0.1) is 0 Å². The highest BCUT2D eigenvalue weighted by atomic mass is 17.2. The minimum atomic E-state index is 0.594. The lowest BCUT2D eigenvalue weighted by Gasteiger charge is -2.10. The van der Waals surface area contributed by atoms with Crippen LogP contribution >= 0.6 is 0 Å². The molecule has 16 heavy (non-hydrogen) atoms. The van der Waals surface area contributed by atoms with Gasteiger partial charge < -0.3 is 0 Å². The molecule has 0 spiro atoms. The lowest BCUT2D eigenvalue weighted by Crippen LogP contribution is -2.04. The van der Waals surface area contributed by atoms with E-state index < -0.39 is 0 Å². The second kappa shape index (κ2) is 3.66. The average molecular weight is 216 g/mol. The van der Waals surface area contributed by atoms with Gasteiger partial charge in [-0.2, -0.15) is 0 Å². The van der Waals surface area contributed by atoms with Crippen LogP contribution in [0.15, 0.2) is 48.5 Å². The van der Waals surface area contributed by atoms with E-state index in [-0.39, 0.29) is 0 Å². The van der Waals surface area contributed by atoms with E-state index >= 15 is 0 Å². The Morgan fingerprint density at radius 1 is 0.375 bits per heavy atom. The first-order valence-corrected chi connectivity index (χ1v) is 4.79. The van der Waals surface area contributed by atoms with Crippen LogP contribution in [-0.2, 0) is 0 Å². The van der Waals surface area contributed by atoms with Gasteiger partial charge in [0.2, 0.25) is 0 Å². The van der Waals surface area contributed by atoms with Crippen LogP contribution in [0, 0.1) is 0 Å². The van der Waals surface area contributed by atoms with E-state index in [9.17, 15) is 0 Å². The van der Waals surface area contributed by atoms with Crippen LogP contribution in [0.4, 0.5) is 0 Å². The van der Waals surface area contributed by atoms with Crippen molar-refractivity contribution >= 4 is 0 Å². The molecule has 0 amide bonds. The first-order chi connectivity index (χ1) is 7.90. The average Bonchev–Trinajstić information content (AvgIpc) is 2.33. The summed E-state index contributed by atoms with van der Waals surface area (Å²) in [5.41, 5.74) is 0. The molecule has 0 N–H and O–H groups in total. The number of benzene rings is 2. The molecule has 2 aromatic rings. The Balaban J connectivity index is 1.97. The fourth-order valence-electron chi connectivity index (χ4n) is 1.29. The van der Waals surface area contributed by atoms with Gasteiger partial charge in [-0.3, -0.25) is 19.6 Å². The van der Waals surface area contributed by atoms with Crippen molar-refractivity contribution in [3.05, 3.63) is 48.5 Å². The molecule has 0 unspecified atom stereocenters. The van der Waals surface area contributed by atoms with Gasteiger partial charge in [0.1, 0.15) is 0 Å². The standard InChI is InChI=1S/C12H8O4/c1-2-10-4-3-9(1)13-15-11-5-7-12(8-6-11)16-14-10/h1-8H. The Labute approximate surface area is 91.8 Å². The summed E-state index contributed by atoms with van der Waals surface area (Å²) < 4.78 is 0. The van der Waals surface area contributed by atoms with Gasteiger partial charge in [-0.05, 0) is 48.5 Å². The van der Waals surface area contributed by atoms with Crippen molar-refractivity contribution in [1.29, 1.82) is 0 Å². The number of hydrogen-bond acceptors (Lipinski definition) is 4. The lowest BCUT2D eigenvalue weighted by molar-refractivity contribution is -0.107. The molecule has 0 aromatic heterocycles. The van der Waals surface area contributed by atoms with Crippen molar-refractivity contribution < 1.29 is 19.6 Å². The second-order valence-electron chi connectivity index (χ2n) is 3.28. The van der Waals surface area contributed by atoms with Gasteiger partial charge in [-0.15, -0.1) is 0 Å². The number of hydrogen-bond donors (Lipinski definition) is 0. The van der Waals surface area contributed by atoms with E-state index in [1.807, 2.05) is 0 Å². The first-order valence-electron chi connectivity index (χ1n) is 4.79. The highest BCUT2D eigenvalue weighted by Gasteiger charge is 2.04. The molecular formula is C12H8O4. The van der Waals surface area contributed by atoms with Gasteiger partial charge in [-0.1, -0.05) is 0 Å². The van der Waals surface area contributed by atoms with Crippen LogP contribution in [0.1, 0.15) is 0 Å². The van der Waals surface area contributed by atoms with Gasteiger partial charge in [-0.25, -0.2) is 0 Å². The van der Waals surface area contributed by atoms with Crippen LogP contribution in [0.25, 0.3) is 0 Å². The second-order valence-corrected chi connectivity index (χ2v) is 3.28. The van der Waals surface area contributed by atoms with Crippen LogP contribution in [-0.4, -0.2) is 0 Å². The maximum Gasteiger partial charge on any atom is 0.178 e. The summed E-state index contributed by atoms with van der Waals surface area (Å²) in [4.78, 5) is 20.5. The molecule has 4 heterocycles. The third kappa shape index (κ3) is 1.72. The zero-order chi connectivity index (χ0) is 10.8. The summed E-state index contributed by atoms with van der Waals surface area (Å²) in [5, 5.41) is 0. The Bertz CT molecular complexity index is 382. The Hall–Kier alpha value is -2.36. The zero-order valence-corrected chi connectivity index (χ0v) is 8.25. The summed E-state index contributed by atoms with van der Waals surface area (Å²) >= 11 is 0. The normalized spacial score (nSPS) is 12.5. The molecule has 0 atom stereocenters. The van der Waals surface area contributed by atoms with Gasteiger partial charge in [0.25, 0.3) is 0 Å². The smallest absolute Gasteiger partial charge is 0.178 e. The summed E-state index contributed by atoms with van der Waals surface area (Å²) in [7, 11) is 0. The SMILES string of the molecule is c1cc2ccc1OOc1ccc(cc1)OO2. The van der Waals surface area contributed by atoms with Crippen molar-refractivity contribution in [3.8, 4) is 23.0 Å². The fourth-order valence-corrected chi connectivity index (χ4v) is 1.29. The molecule has 0 saturated carbocycles. The van der Waals surface area contributed by atoms with E-state index in [4.69, 9.17) is 19.6 Å². The monoisotopic (exact) mass is 216 g/mol. The zero-order valence-electron chi connectivity index (χ0n) is 8.25. The van der Waals surface area contributed by atoms with Crippen LogP contribution < -0.4 is 19.6 Å². The van der Waals surface area contributed by atoms with E-state index in [1.54, 1.807) is 48.5 Å². The molecule has 2 aromatic carbocycles. The minimum absolute atomic E-state index is 0.594. The molecule has 0 saturated heterocycles. The fraction of sp³-hybridized carbons (Fsp3) is 0. The quantitative estimate of drug-likeness (QED) is 0.634. The lowest BCUT2D eigenvalue weighted by atomic mass is 10.3. The van der Waals surface area contributed by atoms with Crippen LogP contribution in [0.3, 0.4) is 0 Å².